The van der Waals surface area contributed by atoms with Crippen LogP contribution < -0.4 is 0 Å². The van der Waals surface area contributed by atoms with Crippen LogP contribution in [0.2, 0.25) is 0 Å². The van der Waals surface area contributed by atoms with Crippen molar-refractivity contribution in [3.8, 4) is 0 Å². The molecule has 18 atom stereocenters. The number of methoxy groups -OCH3 is 2. The van der Waals surface area contributed by atoms with Crippen LogP contribution in [0.4, 0.5) is 0 Å². The summed E-state index contributed by atoms with van der Waals surface area (Å²) in [6.45, 7) is 17.1. The van der Waals surface area contributed by atoms with Crippen molar-refractivity contribution in [3.05, 3.63) is 35.9 Å². The van der Waals surface area contributed by atoms with E-state index in [1.54, 1.807) is 78.8 Å². The topological polar surface area (TPSA) is 220 Å². The fourth-order valence-electron chi connectivity index (χ4n) is 9.17. The molecule has 4 rings (SSSR count). The number of nitrogens with zero attached hydrogens (tertiary/aromatic N) is 1. The molecular formula is C45H75NO15. The standard InChI is InChI=1S/C38H69NO13.C7H6O2/c1-15-26-38(10,45)31(42)21(4)28(40)19(2)17-37(9,47-14)33(52-35-29(41)25(39(11)12)16-20(3)48-35)22(5)30(23(6)34(44)50-26)51-27-18-36(8,46-13)32(43)24(7)49-27;8-7(9)6-4-2-1-3-5-6/h19-27,29-33,35,41-43,45H,15-18H2,1-14H3;1-5H,(H,8,9)/t19-,20-,21+,22+,23-,24+,25+,26-,27+,29-,30+,31-,32+,33-,35+,36-,37-,38-;/m1./s1. The maximum Gasteiger partial charge on any atom is 0.335 e. The van der Waals surface area contributed by atoms with E-state index in [-0.39, 0.29) is 37.2 Å². The largest absolute Gasteiger partial charge is 0.478 e. The highest BCUT2D eigenvalue weighted by atomic mass is 16.7. The molecule has 0 amide bonds. The Morgan fingerprint density at radius 2 is 1.44 bits per heavy atom. The number of carbonyl (C=O) groups excluding carboxylic acids is 2. The quantitative estimate of drug-likeness (QED) is 0.223. The Kier molecular flexibility index (Phi) is 18.9. The second-order valence-electron chi connectivity index (χ2n) is 18.3. The van der Waals surface area contributed by atoms with E-state index < -0.39 is 108 Å². The summed E-state index contributed by atoms with van der Waals surface area (Å²) in [5.41, 5.74) is -3.91. The van der Waals surface area contributed by atoms with Crippen LogP contribution in [0.15, 0.2) is 30.3 Å². The minimum Gasteiger partial charge on any atom is -0.478 e. The van der Waals surface area contributed by atoms with Gasteiger partial charge < -0.3 is 63.6 Å². The van der Waals surface area contributed by atoms with Gasteiger partial charge in [0.2, 0.25) is 0 Å². The van der Waals surface area contributed by atoms with Gasteiger partial charge in [0.15, 0.2) is 12.6 Å². The molecule has 350 valence electrons. The SMILES string of the molecule is CC[C@H]1OC(=O)[C@H](C)[C@@H](O[C@H]2C[C@@](C)(OC)[C@@H](O)[C@H](C)O2)[C@H](C)[C@@H](O[C@@H]2O[C@H](C)C[C@H](N(C)C)[C@H]2O)[C@](C)(OC)C[C@@H](C)C(=O)[C@H](C)[C@@H](O)[C@]1(C)O.O=C(O)c1ccccc1. The fourth-order valence-corrected chi connectivity index (χ4v) is 9.17. The van der Waals surface area contributed by atoms with Crippen molar-refractivity contribution >= 4 is 17.7 Å². The molecular weight excluding hydrogens is 794 g/mol. The monoisotopic (exact) mass is 870 g/mol. The molecule has 0 saturated carbocycles. The molecule has 1 aromatic rings. The van der Waals surface area contributed by atoms with Gasteiger partial charge in [0.25, 0.3) is 0 Å². The fraction of sp³-hybridized carbons (Fsp3) is 0.800. The Bertz CT molecular complexity index is 1560. The molecule has 16 nitrogen and oxygen atoms in total. The van der Waals surface area contributed by atoms with Gasteiger partial charge in [-0.3, -0.25) is 9.59 Å². The van der Waals surface area contributed by atoms with Crippen molar-refractivity contribution in [2.24, 2.45) is 23.7 Å². The molecule has 3 aliphatic heterocycles. The summed E-state index contributed by atoms with van der Waals surface area (Å²) in [4.78, 5) is 40.3. The number of aliphatic hydroxyl groups is 4. The smallest absolute Gasteiger partial charge is 0.335 e. The van der Waals surface area contributed by atoms with Gasteiger partial charge in [-0.1, -0.05) is 45.9 Å². The van der Waals surface area contributed by atoms with Crippen LogP contribution in [0.25, 0.3) is 0 Å². The Morgan fingerprint density at radius 3 is 1.95 bits per heavy atom. The van der Waals surface area contributed by atoms with E-state index in [1.807, 2.05) is 32.8 Å². The number of likely N-dealkylation sites (N-methyl/N-ethyl adjacent to an activating group) is 1. The summed E-state index contributed by atoms with van der Waals surface area (Å²) in [7, 11) is 6.77. The first-order valence-electron chi connectivity index (χ1n) is 21.5. The van der Waals surface area contributed by atoms with Crippen LogP contribution in [-0.2, 0) is 42.7 Å². The van der Waals surface area contributed by atoms with E-state index in [0.29, 0.717) is 12.0 Å². The molecule has 3 aliphatic rings. The Labute approximate surface area is 362 Å². The summed E-state index contributed by atoms with van der Waals surface area (Å²) >= 11 is 0. The number of aliphatic hydroxyl groups excluding tert-OH is 3. The molecule has 16 heteroatoms. The van der Waals surface area contributed by atoms with Gasteiger partial charge in [-0.05, 0) is 87.0 Å². The van der Waals surface area contributed by atoms with E-state index in [9.17, 15) is 34.8 Å². The number of cyclic esters (lactones) is 1. The second-order valence-corrected chi connectivity index (χ2v) is 18.3. The van der Waals surface area contributed by atoms with Gasteiger partial charge in [0, 0.05) is 44.4 Å². The first-order valence-corrected chi connectivity index (χ1v) is 21.5. The maximum absolute atomic E-state index is 14.2. The minimum atomic E-state index is -1.96. The molecule has 0 aliphatic carbocycles. The molecule has 1 aromatic carbocycles. The van der Waals surface area contributed by atoms with Crippen LogP contribution in [0.1, 0.15) is 105 Å². The van der Waals surface area contributed by atoms with Crippen LogP contribution in [0.5, 0.6) is 0 Å². The molecule has 0 unspecified atom stereocenters. The number of rotatable bonds is 9. The number of aromatic carboxylic acids is 1. The number of carboxylic acid groups (broad SMARTS) is 1. The average Bonchev–Trinajstić information content (AvgIpc) is 3.22. The summed E-state index contributed by atoms with van der Waals surface area (Å²) in [6.07, 6.45) is -8.73. The number of Topliss-reactive ketones (excluding diaryl/α,β-unsaturated/α-hetero) is 1. The zero-order valence-electron chi connectivity index (χ0n) is 38.6. The first-order chi connectivity index (χ1) is 28.3. The molecule has 61 heavy (non-hydrogen) atoms. The molecule has 0 spiro atoms. The molecule has 3 saturated heterocycles. The predicted molar refractivity (Wildman–Crippen MR) is 224 cm³/mol. The number of carboxylic acids is 1. The van der Waals surface area contributed by atoms with E-state index in [1.165, 1.54) is 21.1 Å². The predicted octanol–water partition coefficient (Wildman–Crippen LogP) is 3.82. The maximum atomic E-state index is 14.2. The van der Waals surface area contributed by atoms with E-state index in [4.69, 9.17) is 38.3 Å². The van der Waals surface area contributed by atoms with Gasteiger partial charge in [-0.15, -0.1) is 0 Å². The van der Waals surface area contributed by atoms with Crippen molar-refractivity contribution < 1.29 is 73.1 Å². The molecule has 0 aromatic heterocycles. The minimum absolute atomic E-state index is 0.111. The van der Waals surface area contributed by atoms with E-state index in [0.717, 1.165) is 0 Å². The molecule has 3 fully saturated rings. The van der Waals surface area contributed by atoms with Crippen molar-refractivity contribution in [3.63, 3.8) is 0 Å². The number of hydrogen-bond acceptors (Lipinski definition) is 15. The summed E-state index contributed by atoms with van der Waals surface area (Å²) in [5.74, 6) is -5.35. The summed E-state index contributed by atoms with van der Waals surface area (Å²) in [5, 5.41) is 53.9. The highest BCUT2D eigenvalue weighted by Crippen LogP contribution is 2.42. The zero-order chi connectivity index (χ0) is 46.4. The lowest BCUT2D eigenvalue weighted by Gasteiger charge is -2.50. The van der Waals surface area contributed by atoms with Crippen LogP contribution in [0, 0.1) is 23.7 Å². The van der Waals surface area contributed by atoms with E-state index in [2.05, 4.69) is 0 Å². The zero-order valence-corrected chi connectivity index (χ0v) is 38.6. The van der Waals surface area contributed by atoms with Crippen molar-refractivity contribution in [1.29, 1.82) is 0 Å². The van der Waals surface area contributed by atoms with Crippen molar-refractivity contribution in [1.82, 2.24) is 4.90 Å². The van der Waals surface area contributed by atoms with Crippen LogP contribution in [-0.4, -0.2) is 161 Å². The number of hydrogen-bond donors (Lipinski definition) is 5. The lowest BCUT2D eigenvalue weighted by atomic mass is 9.74. The third-order valence-electron chi connectivity index (χ3n) is 13.3. The van der Waals surface area contributed by atoms with Gasteiger partial charge >= 0.3 is 11.9 Å². The molecule has 0 radical (unpaired) electrons. The third-order valence-corrected chi connectivity index (χ3v) is 13.3. The second kappa shape index (κ2) is 21.8. The third kappa shape index (κ3) is 12.4. The average molecular weight is 870 g/mol. The van der Waals surface area contributed by atoms with Gasteiger partial charge in [0.05, 0.1) is 53.2 Å². The molecule has 3 heterocycles. The Balaban J connectivity index is 0.000000972. The number of benzene rings is 1. The first kappa shape index (κ1) is 52.7. The molecule has 0 bridgehead atoms. The highest BCUT2D eigenvalue weighted by Gasteiger charge is 2.54. The number of ether oxygens (including phenoxy) is 7. The summed E-state index contributed by atoms with van der Waals surface area (Å²) in [6, 6.07) is 8.01. The van der Waals surface area contributed by atoms with Gasteiger partial charge in [-0.25, -0.2) is 4.79 Å². The van der Waals surface area contributed by atoms with Gasteiger partial charge in [-0.2, -0.15) is 0 Å². The number of ketones is 1. The van der Waals surface area contributed by atoms with Crippen molar-refractivity contribution in [2.75, 3.05) is 28.3 Å². The Hall–Kier alpha value is -2.61. The van der Waals surface area contributed by atoms with Gasteiger partial charge in [0.1, 0.15) is 29.7 Å². The number of esters is 1. The van der Waals surface area contributed by atoms with E-state index >= 15 is 0 Å². The lowest BCUT2D eigenvalue weighted by Crippen LogP contribution is -2.61. The van der Waals surface area contributed by atoms with Crippen LogP contribution >= 0.6 is 0 Å². The highest BCUT2D eigenvalue weighted by molar-refractivity contribution is 5.87. The van der Waals surface area contributed by atoms with Crippen molar-refractivity contribution in [2.45, 2.75) is 179 Å². The number of carbonyl (C=O) groups is 3. The van der Waals surface area contributed by atoms with Crippen LogP contribution in [0.3, 0.4) is 0 Å². The Morgan fingerprint density at radius 1 is 0.852 bits per heavy atom. The molecule has 5 N–H and O–H groups in total. The normalized spacial score (nSPS) is 43.1. The summed E-state index contributed by atoms with van der Waals surface area (Å²) < 4.78 is 43.9. The lowest BCUT2D eigenvalue weighted by molar-refractivity contribution is -0.319.